The Hall–Kier alpha value is -0.880. The molecule has 4 rings (SSSR count). The van der Waals surface area contributed by atoms with Gasteiger partial charge in [-0.2, -0.15) is 0 Å². The topological polar surface area (TPSA) is 108 Å². The molecule has 2 N–H and O–H groups in total. The zero-order chi connectivity index (χ0) is 22.2. The van der Waals surface area contributed by atoms with E-state index >= 15 is 0 Å². The number of carbonyl (C=O) groups is 3. The highest BCUT2D eigenvalue weighted by atomic mass is 79.9. The van der Waals surface area contributed by atoms with Crippen molar-refractivity contribution in [2.24, 2.45) is 11.8 Å². The van der Waals surface area contributed by atoms with Gasteiger partial charge in [0.15, 0.2) is 0 Å². The first-order valence-corrected chi connectivity index (χ1v) is 12.7. The number of aliphatic hydroxyl groups is 1. The van der Waals surface area contributed by atoms with Crippen molar-refractivity contribution in [2.45, 2.75) is 34.2 Å². The lowest BCUT2D eigenvalue weighted by atomic mass is 9.71. The van der Waals surface area contributed by atoms with Crippen LogP contribution in [-0.2, 0) is 23.9 Å². The molecule has 174 valence electrons. The smallest absolute Gasteiger partial charge is 0.310 e. The van der Waals surface area contributed by atoms with Gasteiger partial charge in [-0.15, -0.1) is 11.8 Å². The monoisotopic (exact) mass is 519 g/mol. The van der Waals surface area contributed by atoms with Crippen LogP contribution in [0.25, 0.3) is 0 Å². The number of esters is 1. The Labute approximate surface area is 194 Å². The summed E-state index contributed by atoms with van der Waals surface area (Å²) < 4.78 is 9.96. The molecular weight excluding hydrogens is 490 g/mol. The predicted octanol–water partition coefficient (Wildman–Crippen LogP) is -0.545. The standard InChI is InChI=1S/C20H30BrN3O6S/c1-2-30-19(28)13-14-18(27)24(5-8-25)16(20(14)11-12(21)15(13)31-20)17(26)22-3-4-23-6-9-29-10-7-23/h12-16,25H,2-11H2,1H3,(H,22,26)/t12?,13-,14-,15-,16?,20?/m0/s1. The van der Waals surface area contributed by atoms with Crippen molar-refractivity contribution in [3.05, 3.63) is 0 Å². The van der Waals surface area contributed by atoms with E-state index in [-0.39, 0.29) is 47.6 Å². The Morgan fingerprint density at radius 3 is 2.77 bits per heavy atom. The van der Waals surface area contributed by atoms with Crippen molar-refractivity contribution in [1.29, 1.82) is 0 Å². The SMILES string of the molecule is CCOC(=O)[C@H]1[C@H]2C(=O)N(CCO)C(C(=O)NCCN3CCOCC3)C23CC(Br)[C@@H]1S3. The molecule has 0 aromatic heterocycles. The second-order valence-corrected chi connectivity index (χ2v) is 11.1. The molecule has 6 atom stereocenters. The van der Waals surface area contributed by atoms with E-state index in [0.717, 1.165) is 13.1 Å². The number of alkyl halides is 1. The lowest BCUT2D eigenvalue weighted by Crippen LogP contribution is -2.55. The van der Waals surface area contributed by atoms with Crippen LogP contribution in [-0.4, -0.2) is 113 Å². The van der Waals surface area contributed by atoms with Crippen LogP contribution in [0.3, 0.4) is 0 Å². The number of morpholine rings is 1. The van der Waals surface area contributed by atoms with Crippen LogP contribution >= 0.6 is 27.7 Å². The number of β-amino-alcohol motifs (C(OH)–C–C–N with tert-alkyl or cyclic N) is 1. The number of aliphatic hydroxyl groups excluding tert-OH is 1. The molecule has 4 aliphatic heterocycles. The third-order valence-electron chi connectivity index (χ3n) is 6.77. The summed E-state index contributed by atoms with van der Waals surface area (Å²) in [4.78, 5) is 43.3. The fraction of sp³-hybridized carbons (Fsp3) is 0.850. The van der Waals surface area contributed by atoms with Crippen LogP contribution in [0.1, 0.15) is 13.3 Å². The molecule has 0 aromatic rings. The fourth-order valence-electron chi connectivity index (χ4n) is 5.54. The zero-order valence-electron chi connectivity index (χ0n) is 17.6. The number of ether oxygens (including phenoxy) is 2. The highest BCUT2D eigenvalue weighted by Gasteiger charge is 2.75. The maximum Gasteiger partial charge on any atom is 0.310 e. The maximum absolute atomic E-state index is 13.4. The molecule has 2 amide bonds. The summed E-state index contributed by atoms with van der Waals surface area (Å²) in [5.74, 6) is -1.99. The largest absolute Gasteiger partial charge is 0.466 e. The lowest BCUT2D eigenvalue weighted by molar-refractivity contribution is -0.153. The van der Waals surface area contributed by atoms with Crippen LogP contribution in [0.4, 0.5) is 0 Å². The number of rotatable bonds is 8. The predicted molar refractivity (Wildman–Crippen MR) is 118 cm³/mol. The summed E-state index contributed by atoms with van der Waals surface area (Å²) >= 11 is 5.26. The van der Waals surface area contributed by atoms with Crippen LogP contribution in [0.5, 0.6) is 0 Å². The molecule has 0 aliphatic carbocycles. The van der Waals surface area contributed by atoms with Gasteiger partial charge < -0.3 is 24.8 Å². The molecular formula is C20H30BrN3O6S. The first kappa shape index (κ1) is 23.3. The molecule has 0 saturated carbocycles. The van der Waals surface area contributed by atoms with E-state index in [9.17, 15) is 19.5 Å². The van der Waals surface area contributed by atoms with Crippen LogP contribution < -0.4 is 5.32 Å². The van der Waals surface area contributed by atoms with Gasteiger partial charge in [-0.25, -0.2) is 0 Å². The summed E-state index contributed by atoms with van der Waals surface area (Å²) in [6.07, 6.45) is 0.623. The van der Waals surface area contributed by atoms with Gasteiger partial charge in [-0.05, 0) is 13.3 Å². The second-order valence-electron chi connectivity index (χ2n) is 8.42. The summed E-state index contributed by atoms with van der Waals surface area (Å²) in [7, 11) is 0. The average molecular weight is 520 g/mol. The van der Waals surface area contributed by atoms with Crippen LogP contribution in [0.2, 0.25) is 0 Å². The third-order valence-corrected chi connectivity index (χ3v) is 9.99. The molecule has 11 heteroatoms. The van der Waals surface area contributed by atoms with E-state index in [1.807, 2.05) is 0 Å². The van der Waals surface area contributed by atoms with Crippen molar-refractivity contribution in [2.75, 3.05) is 59.2 Å². The van der Waals surface area contributed by atoms with Gasteiger partial charge in [-0.1, -0.05) is 15.9 Å². The number of thioether (sulfide) groups is 1. The number of nitrogens with zero attached hydrogens (tertiary/aromatic N) is 2. The number of amides is 2. The summed E-state index contributed by atoms with van der Waals surface area (Å²) in [5.41, 5.74) is 0. The fourth-order valence-corrected chi connectivity index (χ4v) is 9.15. The molecule has 9 nitrogen and oxygen atoms in total. The van der Waals surface area contributed by atoms with Gasteiger partial charge in [0, 0.05) is 42.8 Å². The Balaban J connectivity index is 1.53. The van der Waals surface area contributed by atoms with Crippen molar-refractivity contribution in [1.82, 2.24) is 15.1 Å². The number of hydrogen-bond donors (Lipinski definition) is 2. The van der Waals surface area contributed by atoms with Crippen molar-refractivity contribution >= 4 is 45.5 Å². The number of likely N-dealkylation sites (tertiary alicyclic amines) is 1. The van der Waals surface area contributed by atoms with E-state index in [4.69, 9.17) is 9.47 Å². The van der Waals surface area contributed by atoms with Gasteiger partial charge in [-0.3, -0.25) is 19.3 Å². The van der Waals surface area contributed by atoms with Gasteiger partial charge in [0.25, 0.3) is 0 Å². The molecule has 4 heterocycles. The first-order chi connectivity index (χ1) is 14.9. The van der Waals surface area contributed by atoms with Crippen LogP contribution in [0.15, 0.2) is 0 Å². The number of nitrogens with one attached hydrogen (secondary N) is 1. The maximum atomic E-state index is 13.4. The molecule has 0 radical (unpaired) electrons. The minimum absolute atomic E-state index is 0.0219. The van der Waals surface area contributed by atoms with E-state index in [1.54, 1.807) is 18.7 Å². The van der Waals surface area contributed by atoms with E-state index in [1.165, 1.54) is 4.90 Å². The molecule has 3 unspecified atom stereocenters. The van der Waals surface area contributed by atoms with Gasteiger partial charge in [0.2, 0.25) is 11.8 Å². The summed E-state index contributed by atoms with van der Waals surface area (Å²) in [6, 6.07) is -0.712. The van der Waals surface area contributed by atoms with Crippen molar-refractivity contribution in [3.8, 4) is 0 Å². The molecule has 4 fully saturated rings. The van der Waals surface area contributed by atoms with E-state index in [0.29, 0.717) is 32.7 Å². The summed E-state index contributed by atoms with van der Waals surface area (Å²) in [6.45, 7) is 6.10. The van der Waals surface area contributed by atoms with E-state index < -0.39 is 22.6 Å². The van der Waals surface area contributed by atoms with Gasteiger partial charge in [0.05, 0.1) is 43.0 Å². The first-order valence-electron chi connectivity index (χ1n) is 10.9. The molecule has 4 aliphatic rings. The Kier molecular flexibility index (Phi) is 7.17. The molecule has 31 heavy (non-hydrogen) atoms. The Morgan fingerprint density at radius 2 is 2.10 bits per heavy atom. The second kappa shape index (κ2) is 9.54. The zero-order valence-corrected chi connectivity index (χ0v) is 20.0. The number of halogens is 1. The molecule has 4 saturated heterocycles. The van der Waals surface area contributed by atoms with E-state index in [2.05, 4.69) is 26.1 Å². The van der Waals surface area contributed by atoms with Crippen molar-refractivity contribution in [3.63, 3.8) is 0 Å². The minimum atomic E-state index is -0.712. The average Bonchev–Trinajstić information content (AvgIpc) is 3.33. The number of carbonyl (C=O) groups excluding carboxylic acids is 3. The number of fused-ring (bicyclic) bond motifs is 1. The number of hydrogen-bond acceptors (Lipinski definition) is 8. The Morgan fingerprint density at radius 1 is 1.35 bits per heavy atom. The quantitative estimate of drug-likeness (QED) is 0.325. The van der Waals surface area contributed by atoms with Gasteiger partial charge >= 0.3 is 5.97 Å². The normalized spacial score (nSPS) is 37.2. The third kappa shape index (κ3) is 4.01. The Bertz CT molecular complexity index is 723. The van der Waals surface area contributed by atoms with Crippen LogP contribution in [0, 0.1) is 11.8 Å². The highest BCUT2D eigenvalue weighted by Crippen LogP contribution is 2.67. The summed E-state index contributed by atoms with van der Waals surface area (Å²) in [5, 5.41) is 12.5. The highest BCUT2D eigenvalue weighted by molar-refractivity contribution is 9.09. The van der Waals surface area contributed by atoms with Crippen molar-refractivity contribution < 1.29 is 29.0 Å². The molecule has 2 bridgehead atoms. The van der Waals surface area contributed by atoms with Gasteiger partial charge in [0.1, 0.15) is 6.04 Å². The lowest BCUT2D eigenvalue weighted by Gasteiger charge is -2.35. The molecule has 0 aromatic carbocycles. The minimum Gasteiger partial charge on any atom is -0.466 e. The molecule has 1 spiro atoms.